The van der Waals surface area contributed by atoms with Crippen LogP contribution in [0.5, 0.6) is 0 Å². The minimum Gasteiger partial charge on any atom is -0.345 e. The van der Waals surface area contributed by atoms with E-state index in [1.165, 1.54) is 17.5 Å². The van der Waals surface area contributed by atoms with Crippen LogP contribution in [-0.2, 0) is 0 Å². The van der Waals surface area contributed by atoms with Crippen molar-refractivity contribution in [2.45, 2.75) is 13.0 Å². The number of hydrogen-bond acceptors (Lipinski definition) is 4. The Balaban J connectivity index is 2.17. The monoisotopic (exact) mass is 362 g/mol. The molecule has 2 aromatic rings. The van der Waals surface area contributed by atoms with Crippen LogP contribution in [-0.4, -0.2) is 10.8 Å². The molecule has 0 aliphatic rings. The van der Waals surface area contributed by atoms with E-state index in [1.807, 2.05) is 0 Å². The molecule has 22 heavy (non-hydrogen) atoms. The Morgan fingerprint density at radius 1 is 1.36 bits per heavy atom. The number of rotatable bonds is 4. The third-order valence-corrected chi connectivity index (χ3v) is 4.38. The van der Waals surface area contributed by atoms with Crippen molar-refractivity contribution in [3.8, 4) is 0 Å². The van der Waals surface area contributed by atoms with E-state index >= 15 is 0 Å². The van der Waals surface area contributed by atoms with E-state index < -0.39 is 22.7 Å². The summed E-state index contributed by atoms with van der Waals surface area (Å²) >= 11 is 12.5. The SMILES string of the molecule is CC(NC(=O)c1csc([N+](=O)[O-])c1)c1cc(F)c(Cl)cc1Cl. The van der Waals surface area contributed by atoms with Gasteiger partial charge in [-0.15, -0.1) is 0 Å². The maximum atomic E-state index is 13.5. The average molecular weight is 363 g/mol. The highest BCUT2D eigenvalue weighted by Gasteiger charge is 2.19. The average Bonchev–Trinajstić information content (AvgIpc) is 2.92. The van der Waals surface area contributed by atoms with Gasteiger partial charge in [-0.25, -0.2) is 4.39 Å². The van der Waals surface area contributed by atoms with Crippen molar-refractivity contribution in [2.75, 3.05) is 0 Å². The lowest BCUT2D eigenvalue weighted by atomic mass is 10.1. The van der Waals surface area contributed by atoms with Gasteiger partial charge in [-0.1, -0.05) is 34.5 Å². The summed E-state index contributed by atoms with van der Waals surface area (Å²) in [5.74, 6) is -1.16. The highest BCUT2D eigenvalue weighted by molar-refractivity contribution is 7.13. The molecule has 2 rings (SSSR count). The zero-order valence-corrected chi connectivity index (χ0v) is 13.4. The molecule has 0 fully saturated rings. The van der Waals surface area contributed by atoms with Gasteiger partial charge in [-0.2, -0.15) is 0 Å². The molecule has 1 N–H and O–H groups in total. The number of nitrogens with one attached hydrogen (secondary N) is 1. The Morgan fingerprint density at radius 3 is 2.64 bits per heavy atom. The first-order valence-corrected chi connectivity index (χ1v) is 7.61. The second-order valence-corrected chi connectivity index (χ2v) is 6.12. The topological polar surface area (TPSA) is 72.2 Å². The van der Waals surface area contributed by atoms with Crippen molar-refractivity contribution >= 4 is 45.4 Å². The standard InChI is InChI=1S/C13H9Cl2FN2O3S/c1-6(8-3-11(16)10(15)4-9(8)14)17-13(19)7-2-12(18(20)21)22-5-7/h2-6H,1H3,(H,17,19). The Morgan fingerprint density at radius 2 is 2.05 bits per heavy atom. The van der Waals surface area contributed by atoms with Gasteiger partial charge in [0.1, 0.15) is 5.82 Å². The summed E-state index contributed by atoms with van der Waals surface area (Å²) in [5, 5.41) is 14.6. The predicted octanol–water partition coefficient (Wildman–Crippen LogP) is 4.59. The molecule has 0 saturated carbocycles. The second-order valence-electron chi connectivity index (χ2n) is 4.41. The zero-order chi connectivity index (χ0) is 16.4. The fourth-order valence-corrected chi connectivity index (χ4v) is 3.02. The van der Waals surface area contributed by atoms with Gasteiger partial charge < -0.3 is 5.32 Å². The maximum Gasteiger partial charge on any atom is 0.324 e. The number of thiophene rings is 1. The Bertz CT molecular complexity index is 751. The summed E-state index contributed by atoms with van der Waals surface area (Å²) in [6.45, 7) is 1.62. The molecule has 1 amide bonds. The molecule has 1 atom stereocenters. The number of halogens is 3. The van der Waals surface area contributed by atoms with Crippen LogP contribution in [0.25, 0.3) is 0 Å². The first kappa shape index (κ1) is 16.7. The zero-order valence-electron chi connectivity index (χ0n) is 11.1. The lowest BCUT2D eigenvalue weighted by molar-refractivity contribution is -0.380. The van der Waals surface area contributed by atoms with Gasteiger partial charge in [0, 0.05) is 16.5 Å². The van der Waals surface area contributed by atoms with E-state index in [1.54, 1.807) is 6.92 Å². The predicted molar refractivity (Wildman–Crippen MR) is 83.3 cm³/mol. The first-order valence-electron chi connectivity index (χ1n) is 5.98. The van der Waals surface area contributed by atoms with Crippen LogP contribution < -0.4 is 5.32 Å². The quantitative estimate of drug-likeness (QED) is 0.490. The molecule has 0 spiro atoms. The molecule has 1 unspecified atom stereocenters. The Kier molecular flexibility index (Phi) is 5.00. The summed E-state index contributed by atoms with van der Waals surface area (Å²) in [5.41, 5.74) is 0.524. The van der Waals surface area contributed by atoms with Gasteiger partial charge in [-0.3, -0.25) is 14.9 Å². The molecule has 5 nitrogen and oxygen atoms in total. The van der Waals surface area contributed by atoms with Crippen molar-refractivity contribution in [3.05, 3.63) is 60.7 Å². The van der Waals surface area contributed by atoms with Gasteiger partial charge in [0.05, 0.1) is 21.6 Å². The minimum absolute atomic E-state index is 0.110. The van der Waals surface area contributed by atoms with Crippen LogP contribution in [0.3, 0.4) is 0 Å². The fraction of sp³-hybridized carbons (Fsp3) is 0.154. The molecule has 0 aliphatic carbocycles. The lowest BCUT2D eigenvalue weighted by Gasteiger charge is -2.15. The molecule has 0 radical (unpaired) electrons. The van der Waals surface area contributed by atoms with Crippen molar-refractivity contribution in [2.24, 2.45) is 0 Å². The number of nitro groups is 1. The van der Waals surface area contributed by atoms with E-state index in [-0.39, 0.29) is 20.6 Å². The molecular weight excluding hydrogens is 354 g/mol. The Hall–Kier alpha value is -1.70. The molecule has 1 aromatic carbocycles. The summed E-state index contributed by atoms with van der Waals surface area (Å²) in [6.07, 6.45) is 0. The van der Waals surface area contributed by atoms with Gasteiger partial charge in [0.15, 0.2) is 0 Å². The van der Waals surface area contributed by atoms with Crippen LogP contribution >= 0.6 is 34.5 Å². The number of carbonyl (C=O) groups excluding carboxylic acids is 1. The third kappa shape index (κ3) is 3.55. The second kappa shape index (κ2) is 6.60. The summed E-state index contributed by atoms with van der Waals surface area (Å²) in [6, 6.07) is 2.99. The maximum absolute atomic E-state index is 13.5. The van der Waals surface area contributed by atoms with Gasteiger partial charge in [0.2, 0.25) is 0 Å². The molecule has 1 aromatic heterocycles. The van der Waals surface area contributed by atoms with Crippen molar-refractivity contribution in [3.63, 3.8) is 0 Å². The van der Waals surface area contributed by atoms with E-state index in [0.29, 0.717) is 5.56 Å². The molecule has 0 saturated heterocycles. The van der Waals surface area contributed by atoms with E-state index in [2.05, 4.69) is 5.32 Å². The molecule has 0 aliphatic heterocycles. The normalized spacial score (nSPS) is 12.0. The number of amides is 1. The molecule has 116 valence electrons. The van der Waals surface area contributed by atoms with E-state index in [0.717, 1.165) is 17.4 Å². The number of hydrogen-bond donors (Lipinski definition) is 1. The minimum atomic E-state index is -0.645. The number of benzene rings is 1. The molecule has 1 heterocycles. The Labute approximate surface area is 138 Å². The van der Waals surface area contributed by atoms with Crippen LogP contribution in [0.2, 0.25) is 10.0 Å². The summed E-state index contributed by atoms with van der Waals surface area (Å²) < 4.78 is 13.5. The first-order chi connectivity index (χ1) is 10.3. The lowest BCUT2D eigenvalue weighted by Crippen LogP contribution is -2.26. The van der Waals surface area contributed by atoms with E-state index in [9.17, 15) is 19.3 Å². The van der Waals surface area contributed by atoms with Gasteiger partial charge in [0.25, 0.3) is 5.91 Å². The van der Waals surface area contributed by atoms with Crippen molar-refractivity contribution in [1.29, 1.82) is 0 Å². The third-order valence-electron chi connectivity index (χ3n) is 2.88. The number of nitrogens with zero attached hydrogens (tertiary/aromatic N) is 1. The summed E-state index contributed by atoms with van der Waals surface area (Å²) in [7, 11) is 0. The highest BCUT2D eigenvalue weighted by Crippen LogP contribution is 2.29. The molecule has 9 heteroatoms. The van der Waals surface area contributed by atoms with Gasteiger partial charge >= 0.3 is 5.00 Å². The van der Waals surface area contributed by atoms with Crippen molar-refractivity contribution in [1.82, 2.24) is 5.32 Å². The van der Waals surface area contributed by atoms with E-state index in [4.69, 9.17) is 23.2 Å². The van der Waals surface area contributed by atoms with Crippen LogP contribution in [0.4, 0.5) is 9.39 Å². The summed E-state index contributed by atoms with van der Waals surface area (Å²) in [4.78, 5) is 22.1. The van der Waals surface area contributed by atoms with Gasteiger partial charge in [-0.05, 0) is 24.6 Å². The smallest absolute Gasteiger partial charge is 0.324 e. The molecular formula is C13H9Cl2FN2O3S. The number of carbonyl (C=O) groups is 1. The fourth-order valence-electron chi connectivity index (χ4n) is 1.77. The van der Waals surface area contributed by atoms with Crippen molar-refractivity contribution < 1.29 is 14.1 Å². The van der Waals surface area contributed by atoms with Crippen LogP contribution in [0, 0.1) is 15.9 Å². The largest absolute Gasteiger partial charge is 0.345 e. The highest BCUT2D eigenvalue weighted by atomic mass is 35.5. The van der Waals surface area contributed by atoms with Crippen LogP contribution in [0.15, 0.2) is 23.6 Å². The van der Waals surface area contributed by atoms with Crippen LogP contribution in [0.1, 0.15) is 28.9 Å². The molecule has 0 bridgehead atoms.